The number of rotatable bonds is 4. The molecule has 0 fully saturated rings. The Morgan fingerprint density at radius 2 is 2.33 bits per heavy atom. The highest BCUT2D eigenvalue weighted by molar-refractivity contribution is 9.10. The van der Waals surface area contributed by atoms with Crippen molar-refractivity contribution in [1.82, 2.24) is 14.9 Å². The number of nitrogens with one attached hydrogen (secondary N) is 1. The molecule has 2 heterocycles. The number of carbonyl (C=O) groups is 1. The van der Waals surface area contributed by atoms with Crippen molar-refractivity contribution < 1.29 is 4.79 Å². The molecule has 0 bridgehead atoms. The fraction of sp³-hybridized carbons (Fsp3) is 0.231. The van der Waals surface area contributed by atoms with Crippen molar-refractivity contribution in [3.63, 3.8) is 0 Å². The van der Waals surface area contributed by atoms with Crippen LogP contribution in [0.1, 0.15) is 23.1 Å². The molecular weight excluding hydrogens is 294 g/mol. The third kappa shape index (κ3) is 2.98. The quantitative estimate of drug-likeness (QED) is 0.944. The molecule has 2 rings (SSSR count). The number of hydrogen-bond acceptors (Lipinski definition) is 2. The lowest BCUT2D eigenvalue weighted by atomic mass is 10.3. The molecule has 4 nitrogen and oxygen atoms in total. The lowest BCUT2D eigenvalue weighted by molar-refractivity contribution is 0.0941. The predicted molar refractivity (Wildman–Crippen MR) is 73.2 cm³/mol. The molecule has 0 saturated carbocycles. The lowest BCUT2D eigenvalue weighted by Crippen LogP contribution is -2.25. The molecule has 0 aliphatic rings. The van der Waals surface area contributed by atoms with Crippen LogP contribution in [0.3, 0.4) is 0 Å². The van der Waals surface area contributed by atoms with E-state index in [0.29, 0.717) is 12.2 Å². The normalized spacial score (nSPS) is 10.3. The molecule has 18 heavy (non-hydrogen) atoms. The van der Waals surface area contributed by atoms with E-state index in [1.807, 2.05) is 42.0 Å². The van der Waals surface area contributed by atoms with Crippen LogP contribution >= 0.6 is 15.9 Å². The van der Waals surface area contributed by atoms with Gasteiger partial charge in [-0.05, 0) is 41.1 Å². The number of hydrogen-bond donors (Lipinski definition) is 1. The molecule has 2 aromatic rings. The first kappa shape index (κ1) is 12.8. The Labute approximate surface area is 114 Å². The molecular formula is C13H14BrN3O. The van der Waals surface area contributed by atoms with E-state index in [2.05, 4.69) is 26.2 Å². The molecule has 0 saturated heterocycles. The Kier molecular flexibility index (Phi) is 4.15. The van der Waals surface area contributed by atoms with Gasteiger partial charge in [0, 0.05) is 23.4 Å². The molecule has 5 heteroatoms. The largest absolute Gasteiger partial charge is 0.345 e. The van der Waals surface area contributed by atoms with Crippen molar-refractivity contribution in [2.75, 3.05) is 0 Å². The second-order valence-electron chi connectivity index (χ2n) is 3.83. The molecule has 1 N–H and O–H groups in total. The van der Waals surface area contributed by atoms with Crippen molar-refractivity contribution in [2.24, 2.45) is 0 Å². The van der Waals surface area contributed by atoms with Gasteiger partial charge in [-0.1, -0.05) is 6.07 Å². The smallest absolute Gasteiger partial charge is 0.268 e. The topological polar surface area (TPSA) is 46.9 Å². The Hall–Kier alpha value is -1.62. The number of carbonyl (C=O) groups excluding carboxylic acids is 1. The predicted octanol–water partition coefficient (Wildman–Crippen LogP) is 2.60. The zero-order chi connectivity index (χ0) is 13.0. The minimum Gasteiger partial charge on any atom is -0.345 e. The van der Waals surface area contributed by atoms with Gasteiger partial charge in [-0.2, -0.15) is 0 Å². The van der Waals surface area contributed by atoms with E-state index >= 15 is 0 Å². The van der Waals surface area contributed by atoms with E-state index in [0.717, 1.165) is 16.7 Å². The first-order chi connectivity index (χ1) is 8.70. The fourth-order valence-corrected chi connectivity index (χ4v) is 2.15. The first-order valence-corrected chi connectivity index (χ1v) is 6.53. The van der Waals surface area contributed by atoms with Crippen LogP contribution in [0.5, 0.6) is 0 Å². The highest BCUT2D eigenvalue weighted by atomic mass is 79.9. The second kappa shape index (κ2) is 5.82. The maximum atomic E-state index is 12.0. The number of aromatic nitrogens is 2. The summed E-state index contributed by atoms with van der Waals surface area (Å²) >= 11 is 3.37. The van der Waals surface area contributed by atoms with E-state index in [-0.39, 0.29) is 5.91 Å². The summed E-state index contributed by atoms with van der Waals surface area (Å²) in [7, 11) is 0. The number of halogens is 1. The van der Waals surface area contributed by atoms with Gasteiger partial charge in [-0.3, -0.25) is 9.78 Å². The zero-order valence-corrected chi connectivity index (χ0v) is 11.6. The summed E-state index contributed by atoms with van der Waals surface area (Å²) in [4.78, 5) is 16.2. The number of nitrogens with zero attached hydrogens (tertiary/aromatic N) is 2. The molecule has 94 valence electrons. The molecule has 0 aromatic carbocycles. The van der Waals surface area contributed by atoms with E-state index in [9.17, 15) is 4.79 Å². The molecule has 0 spiro atoms. The second-order valence-corrected chi connectivity index (χ2v) is 4.75. The van der Waals surface area contributed by atoms with Crippen molar-refractivity contribution in [1.29, 1.82) is 0 Å². The molecule has 2 aromatic heterocycles. The maximum absolute atomic E-state index is 12.0. The van der Waals surface area contributed by atoms with Crippen molar-refractivity contribution >= 4 is 21.8 Å². The number of pyridine rings is 1. The summed E-state index contributed by atoms with van der Waals surface area (Å²) in [6, 6.07) is 7.46. The summed E-state index contributed by atoms with van der Waals surface area (Å²) in [6.45, 7) is 3.20. The Balaban J connectivity index is 2.04. The highest BCUT2D eigenvalue weighted by Gasteiger charge is 2.11. The molecule has 0 aliphatic heterocycles. The standard InChI is InChI=1S/C13H14BrN3O/c1-2-17-9-10(14)7-12(17)13(18)16-8-11-5-3-4-6-15-11/h3-7,9H,2,8H2,1H3,(H,16,18). The van der Waals surface area contributed by atoms with Crippen LogP contribution in [-0.4, -0.2) is 15.5 Å². The van der Waals surface area contributed by atoms with E-state index < -0.39 is 0 Å². The average molecular weight is 308 g/mol. The van der Waals surface area contributed by atoms with Gasteiger partial charge in [0.2, 0.25) is 0 Å². The van der Waals surface area contributed by atoms with Gasteiger partial charge in [0.25, 0.3) is 5.91 Å². The third-order valence-electron chi connectivity index (χ3n) is 2.59. The first-order valence-electron chi connectivity index (χ1n) is 5.74. The van der Waals surface area contributed by atoms with E-state index in [1.54, 1.807) is 6.20 Å². The molecule has 0 aliphatic carbocycles. The van der Waals surface area contributed by atoms with Crippen LogP contribution < -0.4 is 5.32 Å². The van der Waals surface area contributed by atoms with Gasteiger partial charge in [-0.25, -0.2) is 0 Å². The average Bonchev–Trinajstić information content (AvgIpc) is 2.78. The molecule has 0 radical (unpaired) electrons. The molecule has 0 atom stereocenters. The monoisotopic (exact) mass is 307 g/mol. The Bertz CT molecular complexity index is 536. The summed E-state index contributed by atoms with van der Waals surface area (Å²) in [5.41, 5.74) is 1.50. The van der Waals surface area contributed by atoms with Crippen LogP contribution in [0.2, 0.25) is 0 Å². The van der Waals surface area contributed by atoms with Crippen LogP contribution in [0.15, 0.2) is 41.1 Å². The Morgan fingerprint density at radius 1 is 1.50 bits per heavy atom. The Morgan fingerprint density at radius 3 is 3.00 bits per heavy atom. The van der Waals surface area contributed by atoms with Crippen LogP contribution in [0.4, 0.5) is 0 Å². The maximum Gasteiger partial charge on any atom is 0.268 e. The summed E-state index contributed by atoms with van der Waals surface area (Å²) in [5.74, 6) is -0.0896. The van der Waals surface area contributed by atoms with Crippen LogP contribution in [-0.2, 0) is 13.1 Å². The van der Waals surface area contributed by atoms with Gasteiger partial charge >= 0.3 is 0 Å². The lowest BCUT2D eigenvalue weighted by Gasteiger charge is -2.07. The summed E-state index contributed by atoms with van der Waals surface area (Å²) < 4.78 is 2.81. The minimum absolute atomic E-state index is 0.0896. The molecule has 1 amide bonds. The van der Waals surface area contributed by atoms with E-state index in [1.165, 1.54) is 0 Å². The van der Waals surface area contributed by atoms with Gasteiger partial charge in [0.1, 0.15) is 5.69 Å². The van der Waals surface area contributed by atoms with Crippen molar-refractivity contribution in [3.8, 4) is 0 Å². The van der Waals surface area contributed by atoms with E-state index in [4.69, 9.17) is 0 Å². The third-order valence-corrected chi connectivity index (χ3v) is 3.03. The zero-order valence-electron chi connectivity index (χ0n) is 10.1. The SMILES string of the molecule is CCn1cc(Br)cc1C(=O)NCc1ccccn1. The molecule has 0 unspecified atom stereocenters. The van der Waals surface area contributed by atoms with Crippen molar-refractivity contribution in [2.45, 2.75) is 20.0 Å². The van der Waals surface area contributed by atoms with Gasteiger partial charge in [-0.15, -0.1) is 0 Å². The van der Waals surface area contributed by atoms with Crippen LogP contribution in [0, 0.1) is 0 Å². The summed E-state index contributed by atoms with van der Waals surface area (Å²) in [6.07, 6.45) is 3.61. The number of amides is 1. The van der Waals surface area contributed by atoms with Gasteiger partial charge in [0.05, 0.1) is 12.2 Å². The number of aryl methyl sites for hydroxylation is 1. The van der Waals surface area contributed by atoms with Crippen molar-refractivity contribution in [3.05, 3.63) is 52.5 Å². The summed E-state index contributed by atoms with van der Waals surface area (Å²) in [5, 5.41) is 2.86. The minimum atomic E-state index is -0.0896. The van der Waals surface area contributed by atoms with Gasteiger partial charge in [0.15, 0.2) is 0 Å². The van der Waals surface area contributed by atoms with Crippen LogP contribution in [0.25, 0.3) is 0 Å². The fourth-order valence-electron chi connectivity index (χ4n) is 1.69. The van der Waals surface area contributed by atoms with Gasteiger partial charge < -0.3 is 9.88 Å². The highest BCUT2D eigenvalue weighted by Crippen LogP contribution is 2.14.